The Labute approximate surface area is 95.5 Å². The molecule has 0 aliphatic heterocycles. The molecule has 1 aromatic carbocycles. The molecule has 0 bridgehead atoms. The summed E-state index contributed by atoms with van der Waals surface area (Å²) in [6.45, 7) is 4.14. The van der Waals surface area contributed by atoms with Crippen molar-refractivity contribution in [1.29, 1.82) is 0 Å². The second-order valence-electron chi connectivity index (χ2n) is 3.09. The van der Waals surface area contributed by atoms with Gasteiger partial charge in [0.15, 0.2) is 0 Å². The molecule has 75 valence electrons. The van der Waals surface area contributed by atoms with E-state index in [2.05, 4.69) is 18.8 Å². The summed E-state index contributed by atoms with van der Waals surface area (Å²) in [5.41, 5.74) is 0.780. The van der Waals surface area contributed by atoms with Crippen LogP contribution in [0, 0.1) is 0 Å². The van der Waals surface area contributed by atoms with Gasteiger partial charge in [0.1, 0.15) is 5.75 Å². The number of phenolic OH excluding ortho intramolecular Hbond substituents is 1. The Morgan fingerprint density at radius 2 is 2.07 bits per heavy atom. The summed E-state index contributed by atoms with van der Waals surface area (Å²) in [4.78, 5) is 4.29. The molecule has 1 atom stereocenters. The number of hydrogen-bond acceptors (Lipinski definition) is 2. The molecule has 14 heavy (non-hydrogen) atoms. The zero-order chi connectivity index (χ0) is 9.68. The zero-order valence-corrected chi connectivity index (χ0v) is 9.62. The predicted molar refractivity (Wildman–Crippen MR) is 55.5 cm³/mol. The van der Waals surface area contributed by atoms with Crippen LogP contribution in [0.2, 0.25) is 0 Å². The minimum atomic E-state index is 0. The van der Waals surface area contributed by atoms with E-state index in [-0.39, 0.29) is 22.8 Å². The van der Waals surface area contributed by atoms with Gasteiger partial charge in [-0.1, -0.05) is 19.1 Å². The van der Waals surface area contributed by atoms with Gasteiger partial charge >= 0.3 is 17.1 Å². The first-order valence-electron chi connectivity index (χ1n) is 4.55. The number of aliphatic imine (C=N–C) groups is 1. The van der Waals surface area contributed by atoms with Crippen molar-refractivity contribution < 1.29 is 22.2 Å². The van der Waals surface area contributed by atoms with Gasteiger partial charge in [-0.3, -0.25) is 4.99 Å². The number of benzene rings is 1. The number of phenols is 1. The van der Waals surface area contributed by atoms with Gasteiger partial charge in [0.25, 0.3) is 0 Å². The second kappa shape index (κ2) is 6.63. The standard InChI is InChI=1S/C11H15NO.Mn/c1-3-9(2)12-8-10-6-4-5-7-11(10)13;/h4-9,13H,3H2,1-2H3;/q;+2. The molecular weight excluding hydrogens is 217 g/mol. The van der Waals surface area contributed by atoms with Gasteiger partial charge in [-0.15, -0.1) is 0 Å². The van der Waals surface area contributed by atoms with E-state index in [9.17, 15) is 5.11 Å². The Kier molecular flexibility index (Phi) is 6.26. The van der Waals surface area contributed by atoms with Crippen LogP contribution in [0.25, 0.3) is 0 Å². The maximum atomic E-state index is 9.40. The van der Waals surface area contributed by atoms with Crippen molar-refractivity contribution >= 4 is 6.21 Å². The van der Waals surface area contributed by atoms with Gasteiger partial charge in [-0.05, 0) is 25.5 Å². The molecule has 1 radical (unpaired) electrons. The van der Waals surface area contributed by atoms with Crippen molar-refractivity contribution in [3.05, 3.63) is 29.8 Å². The van der Waals surface area contributed by atoms with Gasteiger partial charge in [-0.25, -0.2) is 0 Å². The third-order valence-corrected chi connectivity index (χ3v) is 2.00. The van der Waals surface area contributed by atoms with Gasteiger partial charge in [0, 0.05) is 17.8 Å². The first-order valence-corrected chi connectivity index (χ1v) is 4.55. The molecule has 0 saturated heterocycles. The van der Waals surface area contributed by atoms with Gasteiger partial charge < -0.3 is 5.11 Å². The largest absolute Gasteiger partial charge is 2.00 e. The molecular formula is C11H15MnNO+2. The smallest absolute Gasteiger partial charge is 0.507 e. The van der Waals surface area contributed by atoms with Crippen LogP contribution in [0.1, 0.15) is 25.8 Å². The number of para-hydroxylation sites is 1. The van der Waals surface area contributed by atoms with Crippen LogP contribution in [-0.4, -0.2) is 17.4 Å². The SMILES string of the molecule is CCC(C)N=Cc1ccccc1O.[Mn+2]. The molecule has 0 saturated carbocycles. The summed E-state index contributed by atoms with van der Waals surface area (Å²) in [5, 5.41) is 9.40. The summed E-state index contributed by atoms with van der Waals surface area (Å²) < 4.78 is 0. The summed E-state index contributed by atoms with van der Waals surface area (Å²) >= 11 is 0. The van der Waals surface area contributed by atoms with Crippen LogP contribution >= 0.6 is 0 Å². The molecule has 0 heterocycles. The molecule has 0 aromatic heterocycles. The average Bonchev–Trinajstić information content (AvgIpc) is 2.16. The first-order chi connectivity index (χ1) is 6.24. The minimum absolute atomic E-state index is 0. The van der Waals surface area contributed by atoms with Crippen LogP contribution in [-0.2, 0) is 17.1 Å². The van der Waals surface area contributed by atoms with E-state index in [4.69, 9.17) is 0 Å². The van der Waals surface area contributed by atoms with Crippen molar-refractivity contribution in [3.8, 4) is 5.75 Å². The van der Waals surface area contributed by atoms with Gasteiger partial charge in [0.05, 0.1) is 0 Å². The van der Waals surface area contributed by atoms with E-state index in [1.807, 2.05) is 12.1 Å². The minimum Gasteiger partial charge on any atom is -0.507 e. The van der Waals surface area contributed by atoms with Crippen LogP contribution in [0.5, 0.6) is 5.75 Å². The predicted octanol–water partition coefficient (Wildman–Crippen LogP) is 2.61. The summed E-state index contributed by atoms with van der Waals surface area (Å²) in [7, 11) is 0. The molecule has 1 N–H and O–H groups in total. The van der Waals surface area contributed by atoms with Crippen LogP contribution in [0.3, 0.4) is 0 Å². The maximum Gasteiger partial charge on any atom is 2.00 e. The topological polar surface area (TPSA) is 32.6 Å². The fraction of sp³-hybridized carbons (Fsp3) is 0.364. The molecule has 0 aliphatic carbocycles. The Hall–Kier alpha value is -0.791. The fourth-order valence-corrected chi connectivity index (χ4v) is 0.910. The van der Waals surface area contributed by atoms with E-state index in [1.54, 1.807) is 18.3 Å². The van der Waals surface area contributed by atoms with Crippen LogP contribution in [0.4, 0.5) is 0 Å². The molecule has 3 heteroatoms. The van der Waals surface area contributed by atoms with Crippen molar-refractivity contribution in [2.75, 3.05) is 0 Å². The number of rotatable bonds is 3. The molecule has 2 nitrogen and oxygen atoms in total. The number of hydrogen-bond donors (Lipinski definition) is 1. The normalized spacial score (nSPS) is 12.4. The third kappa shape index (κ3) is 3.95. The van der Waals surface area contributed by atoms with E-state index in [0.717, 1.165) is 12.0 Å². The van der Waals surface area contributed by atoms with Crippen molar-refractivity contribution in [2.45, 2.75) is 26.3 Å². The monoisotopic (exact) mass is 232 g/mol. The Balaban J connectivity index is 0.00000169. The molecule has 1 unspecified atom stereocenters. The number of nitrogens with zero attached hydrogens (tertiary/aromatic N) is 1. The molecule has 0 spiro atoms. The Morgan fingerprint density at radius 1 is 1.43 bits per heavy atom. The zero-order valence-electron chi connectivity index (χ0n) is 8.44. The van der Waals surface area contributed by atoms with E-state index < -0.39 is 0 Å². The average molecular weight is 232 g/mol. The van der Waals surface area contributed by atoms with E-state index >= 15 is 0 Å². The van der Waals surface area contributed by atoms with Crippen molar-refractivity contribution in [1.82, 2.24) is 0 Å². The van der Waals surface area contributed by atoms with Gasteiger partial charge in [-0.2, -0.15) is 0 Å². The summed E-state index contributed by atoms with van der Waals surface area (Å²) in [5.74, 6) is 0.287. The van der Waals surface area contributed by atoms with Crippen LogP contribution < -0.4 is 0 Å². The molecule has 0 fully saturated rings. The summed E-state index contributed by atoms with van der Waals surface area (Å²) in [6, 6.07) is 7.52. The molecule has 1 rings (SSSR count). The maximum absolute atomic E-state index is 9.40. The molecule has 1 aromatic rings. The van der Waals surface area contributed by atoms with E-state index in [0.29, 0.717) is 6.04 Å². The Morgan fingerprint density at radius 3 is 2.64 bits per heavy atom. The summed E-state index contributed by atoms with van der Waals surface area (Å²) in [6.07, 6.45) is 2.74. The Bertz CT molecular complexity index is 299. The first kappa shape index (κ1) is 13.2. The van der Waals surface area contributed by atoms with Crippen molar-refractivity contribution in [2.24, 2.45) is 4.99 Å². The van der Waals surface area contributed by atoms with Crippen LogP contribution in [0.15, 0.2) is 29.3 Å². The van der Waals surface area contributed by atoms with E-state index in [1.165, 1.54) is 0 Å². The third-order valence-electron chi connectivity index (χ3n) is 2.00. The van der Waals surface area contributed by atoms with Crippen molar-refractivity contribution in [3.63, 3.8) is 0 Å². The quantitative estimate of drug-likeness (QED) is 0.630. The fourth-order valence-electron chi connectivity index (χ4n) is 0.910. The van der Waals surface area contributed by atoms with Gasteiger partial charge in [0.2, 0.25) is 0 Å². The molecule has 0 amide bonds. The number of aromatic hydroxyl groups is 1. The second-order valence-corrected chi connectivity index (χ2v) is 3.09. The molecule has 0 aliphatic rings.